The van der Waals surface area contributed by atoms with Crippen molar-refractivity contribution in [2.24, 2.45) is 0 Å². The van der Waals surface area contributed by atoms with Gasteiger partial charge in [-0.3, -0.25) is 0 Å². The van der Waals surface area contributed by atoms with Crippen molar-refractivity contribution >= 4 is 28.4 Å². The Balaban J connectivity index is 1.40. The standard InChI is InChI=1S/C32H34N6O6/c1-40-12-14-43-29-18-25-26(19-30(29)44-15-13-41-2)33-21-34-31(25)35-24-11-7-10-23(17-24)27-20-38(37-36-27)28(32(39)42-3)16-22-8-5-4-6-9-22/h4-11,17-21,28H,12-16H2,1-3H3,(H,33,34,35)/t28-/m0/s1. The van der Waals surface area contributed by atoms with Gasteiger partial charge in [-0.2, -0.15) is 0 Å². The molecule has 0 aliphatic carbocycles. The topological polar surface area (TPSA) is 132 Å². The third-order valence-corrected chi connectivity index (χ3v) is 6.79. The first-order valence-electron chi connectivity index (χ1n) is 14.0. The van der Waals surface area contributed by atoms with Crippen molar-refractivity contribution in [1.82, 2.24) is 25.0 Å². The first-order chi connectivity index (χ1) is 21.6. The molecule has 228 valence electrons. The number of benzene rings is 3. The average molecular weight is 599 g/mol. The largest absolute Gasteiger partial charge is 0.487 e. The summed E-state index contributed by atoms with van der Waals surface area (Å²) in [5.41, 5.74) is 3.85. The number of carbonyl (C=O) groups excluding carboxylic acids is 1. The molecule has 0 saturated carbocycles. The van der Waals surface area contributed by atoms with E-state index in [9.17, 15) is 4.79 Å². The van der Waals surface area contributed by atoms with Gasteiger partial charge in [0.1, 0.15) is 31.1 Å². The molecule has 0 fully saturated rings. The highest BCUT2D eigenvalue weighted by atomic mass is 16.5. The summed E-state index contributed by atoms with van der Waals surface area (Å²) in [6.07, 6.45) is 3.66. The molecule has 12 nitrogen and oxygen atoms in total. The maximum Gasteiger partial charge on any atom is 0.331 e. The molecule has 0 amide bonds. The summed E-state index contributed by atoms with van der Waals surface area (Å²) in [5, 5.41) is 12.8. The summed E-state index contributed by atoms with van der Waals surface area (Å²) in [5.74, 6) is 1.29. The van der Waals surface area contributed by atoms with Crippen molar-refractivity contribution in [3.05, 3.63) is 84.8 Å². The Labute approximate surface area is 254 Å². The van der Waals surface area contributed by atoms with Gasteiger partial charge in [0, 0.05) is 43.3 Å². The molecule has 44 heavy (non-hydrogen) atoms. The molecule has 0 radical (unpaired) electrons. The van der Waals surface area contributed by atoms with Crippen molar-refractivity contribution in [1.29, 1.82) is 0 Å². The van der Waals surface area contributed by atoms with Gasteiger partial charge in [0.25, 0.3) is 0 Å². The van der Waals surface area contributed by atoms with Crippen molar-refractivity contribution < 1.29 is 28.5 Å². The average Bonchev–Trinajstić information content (AvgIpc) is 3.55. The van der Waals surface area contributed by atoms with Crippen LogP contribution in [0, 0.1) is 0 Å². The van der Waals surface area contributed by atoms with Crippen LogP contribution in [0.2, 0.25) is 0 Å². The van der Waals surface area contributed by atoms with Crippen LogP contribution < -0.4 is 14.8 Å². The van der Waals surface area contributed by atoms with Crippen LogP contribution in [0.4, 0.5) is 11.5 Å². The second-order valence-corrected chi connectivity index (χ2v) is 9.74. The van der Waals surface area contributed by atoms with E-state index in [2.05, 4.69) is 25.6 Å². The van der Waals surface area contributed by atoms with Gasteiger partial charge in [0.2, 0.25) is 0 Å². The molecule has 2 heterocycles. The minimum absolute atomic E-state index is 0.351. The Morgan fingerprint density at radius 1 is 0.864 bits per heavy atom. The Morgan fingerprint density at radius 3 is 2.34 bits per heavy atom. The molecular weight excluding hydrogens is 564 g/mol. The van der Waals surface area contributed by atoms with Crippen LogP contribution in [0.1, 0.15) is 11.6 Å². The molecule has 5 aromatic rings. The highest BCUT2D eigenvalue weighted by Gasteiger charge is 2.24. The van der Waals surface area contributed by atoms with Crippen LogP contribution in [0.5, 0.6) is 11.5 Å². The highest BCUT2D eigenvalue weighted by molar-refractivity contribution is 5.93. The van der Waals surface area contributed by atoms with Crippen LogP contribution in [0.25, 0.3) is 22.2 Å². The molecule has 3 aromatic carbocycles. The number of hydrogen-bond donors (Lipinski definition) is 1. The molecule has 0 spiro atoms. The molecule has 12 heteroatoms. The van der Waals surface area contributed by atoms with Gasteiger partial charge in [-0.15, -0.1) is 5.10 Å². The van der Waals surface area contributed by atoms with Gasteiger partial charge in [-0.1, -0.05) is 47.7 Å². The van der Waals surface area contributed by atoms with E-state index >= 15 is 0 Å². The van der Waals surface area contributed by atoms with Gasteiger partial charge >= 0.3 is 5.97 Å². The van der Waals surface area contributed by atoms with E-state index in [1.807, 2.05) is 66.7 Å². The van der Waals surface area contributed by atoms with Crippen molar-refractivity contribution in [3.63, 3.8) is 0 Å². The van der Waals surface area contributed by atoms with Crippen LogP contribution >= 0.6 is 0 Å². The fourth-order valence-electron chi connectivity index (χ4n) is 4.57. The number of rotatable bonds is 15. The lowest BCUT2D eigenvalue weighted by Gasteiger charge is -2.15. The molecule has 0 saturated heterocycles. The Morgan fingerprint density at radius 2 is 1.61 bits per heavy atom. The predicted molar refractivity (Wildman–Crippen MR) is 164 cm³/mol. The van der Waals surface area contributed by atoms with E-state index in [1.54, 1.807) is 25.1 Å². The van der Waals surface area contributed by atoms with Crippen molar-refractivity contribution in [2.45, 2.75) is 12.5 Å². The maximum atomic E-state index is 12.6. The van der Waals surface area contributed by atoms with Gasteiger partial charge < -0.3 is 29.0 Å². The van der Waals surface area contributed by atoms with Gasteiger partial charge in [0.05, 0.1) is 32.0 Å². The quantitative estimate of drug-likeness (QED) is 0.134. The van der Waals surface area contributed by atoms with E-state index in [4.69, 9.17) is 23.7 Å². The van der Waals surface area contributed by atoms with Crippen molar-refractivity contribution in [3.8, 4) is 22.8 Å². The molecule has 0 bridgehead atoms. The maximum absolute atomic E-state index is 12.6. The fourth-order valence-corrected chi connectivity index (χ4v) is 4.57. The summed E-state index contributed by atoms with van der Waals surface area (Å²) >= 11 is 0. The van der Waals surface area contributed by atoms with E-state index in [1.165, 1.54) is 13.4 Å². The number of ether oxygens (including phenoxy) is 5. The Kier molecular flexibility index (Phi) is 10.3. The smallest absolute Gasteiger partial charge is 0.331 e. The SMILES string of the molecule is COCCOc1cc2ncnc(Nc3cccc(-c4cn([C@@H](Cc5ccccc5)C(=O)OC)nn4)c3)c2cc1OCCOC. The first kappa shape index (κ1) is 30.4. The second-order valence-electron chi connectivity index (χ2n) is 9.74. The van der Waals surface area contributed by atoms with Gasteiger partial charge in [-0.05, 0) is 23.8 Å². The molecule has 0 aliphatic rings. The first-order valence-corrected chi connectivity index (χ1v) is 14.0. The normalized spacial score (nSPS) is 11.7. The number of aromatic nitrogens is 5. The van der Waals surface area contributed by atoms with Crippen LogP contribution in [0.3, 0.4) is 0 Å². The third kappa shape index (κ3) is 7.46. The van der Waals surface area contributed by atoms with Gasteiger partial charge in [-0.25, -0.2) is 19.4 Å². The lowest BCUT2D eigenvalue weighted by molar-refractivity contribution is -0.144. The zero-order valence-electron chi connectivity index (χ0n) is 24.8. The number of anilines is 2. The molecule has 1 atom stereocenters. The summed E-state index contributed by atoms with van der Waals surface area (Å²) < 4.78 is 28.7. The minimum Gasteiger partial charge on any atom is -0.487 e. The number of nitrogens with one attached hydrogen (secondary N) is 1. The van der Waals surface area contributed by atoms with Gasteiger partial charge in [0.15, 0.2) is 17.5 Å². The number of methoxy groups -OCH3 is 3. The van der Waals surface area contributed by atoms with E-state index in [0.717, 1.165) is 22.2 Å². The third-order valence-electron chi connectivity index (χ3n) is 6.79. The van der Waals surface area contributed by atoms with E-state index < -0.39 is 12.0 Å². The van der Waals surface area contributed by atoms with E-state index in [0.29, 0.717) is 61.4 Å². The van der Waals surface area contributed by atoms with Crippen LogP contribution in [0.15, 0.2) is 79.3 Å². The molecule has 0 unspecified atom stereocenters. The zero-order valence-corrected chi connectivity index (χ0v) is 24.8. The predicted octanol–water partition coefficient (Wildman–Crippen LogP) is 4.64. The van der Waals surface area contributed by atoms with Crippen molar-refractivity contribution in [2.75, 3.05) is 53.1 Å². The summed E-state index contributed by atoms with van der Waals surface area (Å²) in [7, 11) is 4.60. The Bertz CT molecular complexity index is 1680. The molecular formula is C32H34N6O6. The summed E-state index contributed by atoms with van der Waals surface area (Å²) in [6, 6.07) is 20.4. The number of esters is 1. The summed E-state index contributed by atoms with van der Waals surface area (Å²) in [6.45, 7) is 1.58. The highest BCUT2D eigenvalue weighted by Crippen LogP contribution is 2.35. The lowest BCUT2D eigenvalue weighted by atomic mass is 10.1. The molecule has 0 aliphatic heterocycles. The molecule has 2 aromatic heterocycles. The van der Waals surface area contributed by atoms with Crippen LogP contribution in [-0.4, -0.2) is 78.7 Å². The minimum atomic E-state index is -0.652. The number of nitrogens with zero attached hydrogens (tertiary/aromatic N) is 5. The lowest BCUT2D eigenvalue weighted by Crippen LogP contribution is -2.23. The fraction of sp³-hybridized carbons (Fsp3) is 0.281. The van der Waals surface area contributed by atoms with E-state index in [-0.39, 0.29) is 0 Å². The molecule has 5 rings (SSSR count). The zero-order chi connectivity index (χ0) is 30.7. The monoisotopic (exact) mass is 598 g/mol. The molecule has 1 N–H and O–H groups in total. The second kappa shape index (κ2) is 14.9. The number of hydrogen-bond acceptors (Lipinski definition) is 11. The van der Waals surface area contributed by atoms with Crippen LogP contribution in [-0.2, 0) is 25.4 Å². The Hall–Kier alpha value is -5.07. The summed E-state index contributed by atoms with van der Waals surface area (Å²) in [4.78, 5) is 21.6. The number of fused-ring (bicyclic) bond motifs is 1. The number of carbonyl (C=O) groups is 1.